The van der Waals surface area contributed by atoms with Crippen molar-refractivity contribution < 1.29 is 9.52 Å². The monoisotopic (exact) mass is 78.0 g/mol. The molecule has 0 aliphatic heterocycles. The summed E-state index contributed by atoms with van der Waals surface area (Å²) in [6.07, 6.45) is 0.614. The van der Waals surface area contributed by atoms with Crippen LogP contribution >= 0.6 is 12.8 Å². The first-order valence-electron chi connectivity index (χ1n) is 0.827. The highest BCUT2D eigenvalue weighted by Gasteiger charge is 1.53. The van der Waals surface area contributed by atoms with Gasteiger partial charge < -0.3 is 0 Å². The summed E-state index contributed by atoms with van der Waals surface area (Å²) in [5.41, 5.74) is 0. The zero-order chi connectivity index (χ0) is 3.41. The molecule has 0 fully saturated rings. The SMILES string of the molecule is O=C[NH2+]S. The number of quaternary nitrogens is 1. The molecule has 0 unspecified atom stereocenters. The van der Waals surface area contributed by atoms with Gasteiger partial charge in [0.1, 0.15) is 0 Å². The maximum Gasteiger partial charge on any atom is 0.309 e. The van der Waals surface area contributed by atoms with E-state index in [2.05, 4.69) is 12.8 Å². The summed E-state index contributed by atoms with van der Waals surface area (Å²) in [5.74, 6) is 0. The molecule has 0 aromatic heterocycles. The van der Waals surface area contributed by atoms with Crippen molar-refractivity contribution in [3.8, 4) is 0 Å². The normalized spacial score (nSPS) is 6.25. The van der Waals surface area contributed by atoms with Gasteiger partial charge in [-0.2, -0.15) is 0 Å². The second-order valence-corrected chi connectivity index (χ2v) is 0.583. The first-order valence-corrected chi connectivity index (χ1v) is 1.34. The lowest BCUT2D eigenvalue weighted by atomic mass is 11.5. The van der Waals surface area contributed by atoms with Crippen LogP contribution in [-0.2, 0) is 4.79 Å². The summed E-state index contributed by atoms with van der Waals surface area (Å²) in [7, 11) is 0. The Morgan fingerprint density at radius 1 is 2.00 bits per heavy atom. The Kier molecular flexibility index (Phi) is 2.97. The maximum absolute atomic E-state index is 9.04. The molecule has 0 radical (unpaired) electrons. The van der Waals surface area contributed by atoms with E-state index in [1.807, 2.05) is 0 Å². The van der Waals surface area contributed by atoms with E-state index in [0.29, 0.717) is 6.41 Å². The minimum Gasteiger partial charge on any atom is -0.233 e. The number of thiol groups is 1. The molecule has 0 aromatic rings. The lowest BCUT2D eigenvalue weighted by Crippen LogP contribution is -2.70. The fraction of sp³-hybridized carbons (Fsp3) is 0. The van der Waals surface area contributed by atoms with Crippen LogP contribution in [0.2, 0.25) is 0 Å². The van der Waals surface area contributed by atoms with Crippen LogP contribution in [0.4, 0.5) is 0 Å². The Labute approximate surface area is 29.7 Å². The second-order valence-electron chi connectivity index (χ2n) is 0.285. The summed E-state index contributed by atoms with van der Waals surface area (Å²) in [5, 5.41) is 0. The summed E-state index contributed by atoms with van der Waals surface area (Å²) in [4.78, 5) is 9.04. The van der Waals surface area contributed by atoms with Gasteiger partial charge >= 0.3 is 6.41 Å². The molecule has 1 amide bonds. The molecule has 0 rings (SSSR count). The molecular formula is CH4NOS+. The number of rotatable bonds is 1. The molecule has 0 aliphatic rings. The highest BCUT2D eigenvalue weighted by molar-refractivity contribution is 7.73. The molecule has 0 spiro atoms. The van der Waals surface area contributed by atoms with Crippen LogP contribution in [0.5, 0.6) is 0 Å². The van der Waals surface area contributed by atoms with Gasteiger partial charge in [0.05, 0.1) is 12.8 Å². The molecule has 0 aliphatic carbocycles. The maximum atomic E-state index is 9.04. The Hall–Kier alpha value is -0.0200. The Morgan fingerprint density at radius 3 is 2.25 bits per heavy atom. The van der Waals surface area contributed by atoms with E-state index in [0.717, 1.165) is 4.72 Å². The molecule has 24 valence electrons. The fourth-order valence-corrected chi connectivity index (χ4v) is 0. The first-order chi connectivity index (χ1) is 1.91. The number of carbonyl (C=O) groups excluding carboxylic acids is 1. The van der Waals surface area contributed by atoms with E-state index in [-0.39, 0.29) is 0 Å². The average molecular weight is 78.1 g/mol. The van der Waals surface area contributed by atoms with Gasteiger partial charge in [0.2, 0.25) is 0 Å². The summed E-state index contributed by atoms with van der Waals surface area (Å²) in [6.45, 7) is 0. The second kappa shape index (κ2) is 2.98. The Balaban J connectivity index is 2.30. The fourth-order valence-electron chi connectivity index (χ4n) is 0. The molecule has 0 saturated carbocycles. The molecule has 0 heterocycles. The molecule has 0 aromatic carbocycles. The van der Waals surface area contributed by atoms with Gasteiger partial charge in [0.15, 0.2) is 0 Å². The van der Waals surface area contributed by atoms with E-state index in [9.17, 15) is 0 Å². The van der Waals surface area contributed by atoms with Crippen molar-refractivity contribution in [1.29, 1.82) is 0 Å². The van der Waals surface area contributed by atoms with Crippen molar-refractivity contribution >= 4 is 19.2 Å². The van der Waals surface area contributed by atoms with E-state index >= 15 is 0 Å². The first kappa shape index (κ1) is 3.98. The van der Waals surface area contributed by atoms with Gasteiger partial charge in [-0.05, 0) is 0 Å². The number of primary amides is 1. The van der Waals surface area contributed by atoms with Gasteiger partial charge in [-0.15, -0.1) is 0 Å². The van der Waals surface area contributed by atoms with Gasteiger partial charge in [-0.3, -0.25) is 0 Å². The molecule has 0 saturated heterocycles. The van der Waals surface area contributed by atoms with Gasteiger partial charge in [0.25, 0.3) is 0 Å². The van der Waals surface area contributed by atoms with Crippen LogP contribution in [0.15, 0.2) is 0 Å². The predicted molar refractivity (Wildman–Crippen MR) is 17.0 cm³/mol. The molecule has 0 bridgehead atoms. The van der Waals surface area contributed by atoms with Crippen LogP contribution in [0.3, 0.4) is 0 Å². The lowest BCUT2D eigenvalue weighted by Gasteiger charge is -1.54. The summed E-state index contributed by atoms with van der Waals surface area (Å²) in [6, 6.07) is 0. The van der Waals surface area contributed by atoms with Crippen molar-refractivity contribution in [1.82, 2.24) is 0 Å². The van der Waals surface area contributed by atoms with Crippen LogP contribution in [-0.4, -0.2) is 6.41 Å². The van der Waals surface area contributed by atoms with Crippen LogP contribution in [0.1, 0.15) is 0 Å². The van der Waals surface area contributed by atoms with E-state index in [1.54, 1.807) is 0 Å². The minimum absolute atomic E-state index is 0.614. The van der Waals surface area contributed by atoms with Crippen LogP contribution < -0.4 is 4.72 Å². The lowest BCUT2D eigenvalue weighted by molar-refractivity contribution is -0.372. The summed E-state index contributed by atoms with van der Waals surface area (Å²) >= 11 is 3.43. The smallest absolute Gasteiger partial charge is 0.233 e. The standard InChI is InChI=1S/CH3NOS/c3-1-2-4/h1,4H,(H,2,3)/p+1. The van der Waals surface area contributed by atoms with Crippen molar-refractivity contribution in [2.24, 2.45) is 0 Å². The largest absolute Gasteiger partial charge is 0.309 e. The third-order valence-electron chi connectivity index (χ3n) is 0.0609. The number of nitrogens with two attached hydrogens (primary N) is 1. The molecule has 2 N–H and O–H groups in total. The zero-order valence-corrected chi connectivity index (χ0v) is 2.90. The number of carbonyl (C=O) groups is 1. The number of amides is 1. The topological polar surface area (TPSA) is 33.7 Å². The molecular weight excluding hydrogens is 74.1 g/mol. The van der Waals surface area contributed by atoms with Crippen molar-refractivity contribution in [2.45, 2.75) is 0 Å². The van der Waals surface area contributed by atoms with Crippen molar-refractivity contribution in [3.05, 3.63) is 0 Å². The Morgan fingerprint density at radius 2 is 2.25 bits per heavy atom. The third kappa shape index (κ3) is 1.98. The average Bonchev–Trinajstić information content (AvgIpc) is 1.37. The van der Waals surface area contributed by atoms with Gasteiger partial charge in [-0.1, -0.05) is 0 Å². The highest BCUT2D eigenvalue weighted by atomic mass is 32.1. The number of hydrogen-bond acceptors (Lipinski definition) is 2. The minimum atomic E-state index is 0.614. The quantitative estimate of drug-likeness (QED) is 0.292. The van der Waals surface area contributed by atoms with E-state index in [4.69, 9.17) is 4.79 Å². The molecule has 0 atom stereocenters. The predicted octanol–water partition coefficient (Wildman–Crippen LogP) is -1.45. The van der Waals surface area contributed by atoms with Crippen molar-refractivity contribution in [2.75, 3.05) is 0 Å². The van der Waals surface area contributed by atoms with Gasteiger partial charge in [0, 0.05) is 0 Å². The van der Waals surface area contributed by atoms with Crippen LogP contribution in [0, 0.1) is 0 Å². The Bertz CT molecular complexity index is 22.0. The third-order valence-corrected chi connectivity index (χ3v) is 0.183. The zero-order valence-electron chi connectivity index (χ0n) is 2.01. The molecule has 4 heavy (non-hydrogen) atoms. The van der Waals surface area contributed by atoms with Crippen LogP contribution in [0.25, 0.3) is 0 Å². The number of hydrogen-bond donors (Lipinski definition) is 2. The summed E-state index contributed by atoms with van der Waals surface area (Å²) < 4.78 is 1.14. The molecule has 3 heteroatoms. The molecule has 2 nitrogen and oxygen atoms in total. The van der Waals surface area contributed by atoms with E-state index in [1.165, 1.54) is 0 Å². The van der Waals surface area contributed by atoms with Crippen molar-refractivity contribution in [3.63, 3.8) is 0 Å². The van der Waals surface area contributed by atoms with E-state index < -0.39 is 0 Å². The highest BCUT2D eigenvalue weighted by Crippen LogP contribution is 1.13. The van der Waals surface area contributed by atoms with Gasteiger partial charge in [-0.25, -0.2) is 9.52 Å².